The van der Waals surface area contributed by atoms with Gasteiger partial charge in [-0.25, -0.2) is 4.79 Å². The van der Waals surface area contributed by atoms with E-state index in [4.69, 9.17) is 4.74 Å². The number of amides is 3. The molecule has 3 aromatic rings. The molecule has 3 amide bonds. The van der Waals surface area contributed by atoms with E-state index in [0.29, 0.717) is 16.0 Å². The number of hydrogen-bond acceptors (Lipinski definition) is 9. The third kappa shape index (κ3) is 7.04. The summed E-state index contributed by atoms with van der Waals surface area (Å²) in [4.78, 5) is 24.9. The summed E-state index contributed by atoms with van der Waals surface area (Å²) in [6.45, 7) is 0.475. The molecule has 0 radical (unpaired) electrons. The minimum atomic E-state index is -0.496. The highest BCUT2D eigenvalue weighted by molar-refractivity contribution is 8.01. The predicted octanol–water partition coefficient (Wildman–Crippen LogP) is 3.51. The average molecular weight is 450 g/mol. The molecule has 0 aliphatic rings. The van der Waals surface area contributed by atoms with E-state index in [0.717, 1.165) is 17.9 Å². The summed E-state index contributed by atoms with van der Waals surface area (Å²) < 4.78 is 5.81. The van der Waals surface area contributed by atoms with Gasteiger partial charge in [0.05, 0.1) is 12.9 Å². The second-order valence-corrected chi connectivity index (χ2v) is 8.88. The number of aromatic nitrogens is 2. The van der Waals surface area contributed by atoms with Crippen LogP contribution in [0.3, 0.4) is 0 Å². The van der Waals surface area contributed by atoms with Gasteiger partial charge >= 0.3 is 6.03 Å². The molecular weight excluding hydrogens is 430 g/mol. The van der Waals surface area contributed by atoms with Crippen LogP contribution in [0, 0.1) is 0 Å². The van der Waals surface area contributed by atoms with Gasteiger partial charge in [-0.2, -0.15) is 0 Å². The van der Waals surface area contributed by atoms with E-state index in [1.54, 1.807) is 18.4 Å². The highest BCUT2D eigenvalue weighted by Gasteiger charge is 2.11. The van der Waals surface area contributed by atoms with Crippen LogP contribution < -0.4 is 20.7 Å². The number of rotatable bonds is 9. The summed E-state index contributed by atoms with van der Waals surface area (Å²) in [5, 5.41) is 18.8. The van der Waals surface area contributed by atoms with Crippen LogP contribution in [-0.4, -0.2) is 41.5 Å². The number of methoxy groups -OCH3 is 1. The number of thioether (sulfide) groups is 1. The van der Waals surface area contributed by atoms with Crippen molar-refractivity contribution in [2.45, 2.75) is 10.8 Å². The Morgan fingerprint density at radius 1 is 1.21 bits per heavy atom. The molecule has 8 nitrogen and oxygen atoms in total. The summed E-state index contributed by atoms with van der Waals surface area (Å²) in [6.07, 6.45) is 0.738. The maximum absolute atomic E-state index is 11.9. The van der Waals surface area contributed by atoms with Crippen molar-refractivity contribution in [2.75, 3.05) is 24.7 Å². The van der Waals surface area contributed by atoms with Crippen molar-refractivity contribution in [1.29, 1.82) is 0 Å². The molecule has 11 heteroatoms. The lowest BCUT2D eigenvalue weighted by Crippen LogP contribution is -2.41. The molecule has 0 saturated carbocycles. The first kappa shape index (κ1) is 21.1. The summed E-state index contributed by atoms with van der Waals surface area (Å²) in [6, 6.07) is 10.9. The van der Waals surface area contributed by atoms with Crippen molar-refractivity contribution in [3.05, 3.63) is 46.7 Å². The van der Waals surface area contributed by atoms with Crippen LogP contribution in [0.5, 0.6) is 5.75 Å². The van der Waals surface area contributed by atoms with Gasteiger partial charge in [0.2, 0.25) is 11.0 Å². The molecule has 2 aromatic heterocycles. The zero-order valence-corrected chi connectivity index (χ0v) is 18.0. The van der Waals surface area contributed by atoms with Gasteiger partial charge in [0.15, 0.2) is 4.34 Å². The number of thiophene rings is 1. The molecule has 0 saturated heterocycles. The number of ether oxygens (including phenoxy) is 1. The summed E-state index contributed by atoms with van der Waals surface area (Å²) >= 11 is 4.18. The Bertz CT molecular complexity index is 946. The van der Waals surface area contributed by atoms with Crippen molar-refractivity contribution in [3.8, 4) is 5.75 Å². The van der Waals surface area contributed by atoms with Gasteiger partial charge in [0.25, 0.3) is 0 Å². The first-order valence-electron chi connectivity index (χ1n) is 8.60. The van der Waals surface area contributed by atoms with E-state index in [-0.39, 0.29) is 11.7 Å². The fraction of sp³-hybridized carbons (Fsp3) is 0.222. The van der Waals surface area contributed by atoms with E-state index >= 15 is 0 Å². The molecule has 0 fully saturated rings. The first-order chi connectivity index (χ1) is 14.1. The number of anilines is 2. The number of imide groups is 1. The van der Waals surface area contributed by atoms with Crippen molar-refractivity contribution in [1.82, 2.24) is 20.8 Å². The molecule has 0 spiro atoms. The Morgan fingerprint density at radius 2 is 2.10 bits per heavy atom. The fourth-order valence-corrected chi connectivity index (χ4v) is 4.51. The van der Waals surface area contributed by atoms with E-state index < -0.39 is 6.03 Å². The summed E-state index contributed by atoms with van der Waals surface area (Å²) in [5.41, 5.74) is 0.828. The lowest BCUT2D eigenvalue weighted by Gasteiger charge is -2.05. The Morgan fingerprint density at radius 3 is 2.90 bits per heavy atom. The Kier molecular flexibility index (Phi) is 7.85. The smallest absolute Gasteiger partial charge is 0.321 e. The van der Waals surface area contributed by atoms with Gasteiger partial charge < -0.3 is 15.4 Å². The monoisotopic (exact) mass is 449 g/mol. The number of carbonyl (C=O) groups excluding carboxylic acids is 2. The largest absolute Gasteiger partial charge is 0.497 e. The Balaban J connectivity index is 1.38. The quantitative estimate of drug-likeness (QED) is 0.429. The predicted molar refractivity (Wildman–Crippen MR) is 116 cm³/mol. The van der Waals surface area contributed by atoms with E-state index in [2.05, 4.69) is 26.1 Å². The van der Waals surface area contributed by atoms with Crippen molar-refractivity contribution in [3.63, 3.8) is 0 Å². The average Bonchev–Trinajstić information content (AvgIpc) is 3.39. The first-order valence-corrected chi connectivity index (χ1v) is 11.3. The van der Waals surface area contributed by atoms with Gasteiger partial charge in [-0.3, -0.25) is 10.1 Å². The van der Waals surface area contributed by atoms with Crippen LogP contribution in [-0.2, 0) is 11.2 Å². The molecule has 0 unspecified atom stereocenters. The zero-order valence-electron chi connectivity index (χ0n) is 15.5. The van der Waals surface area contributed by atoms with Crippen LogP contribution in [0.2, 0.25) is 0 Å². The molecular formula is C18H19N5O3S3. The topological polar surface area (TPSA) is 105 Å². The summed E-state index contributed by atoms with van der Waals surface area (Å²) in [5.74, 6) is 0.423. The molecule has 0 atom stereocenters. The maximum Gasteiger partial charge on any atom is 0.321 e. The van der Waals surface area contributed by atoms with E-state index in [1.807, 2.05) is 41.8 Å². The van der Waals surface area contributed by atoms with Gasteiger partial charge in [0.1, 0.15) is 5.75 Å². The Hall–Kier alpha value is -2.63. The number of carbonyl (C=O) groups is 2. The number of hydrogen-bond donors (Lipinski definition) is 3. The molecule has 2 heterocycles. The van der Waals surface area contributed by atoms with E-state index in [1.165, 1.54) is 28.0 Å². The lowest BCUT2D eigenvalue weighted by atomic mass is 10.3. The number of nitrogens with zero attached hydrogens (tertiary/aromatic N) is 2. The molecule has 0 bridgehead atoms. The van der Waals surface area contributed by atoms with Gasteiger partial charge in [-0.15, -0.1) is 21.5 Å². The molecule has 3 N–H and O–H groups in total. The van der Waals surface area contributed by atoms with Crippen LogP contribution in [0.15, 0.2) is 46.1 Å². The molecule has 3 rings (SSSR count). The van der Waals surface area contributed by atoms with Gasteiger partial charge in [-0.1, -0.05) is 35.2 Å². The SMILES string of the molecule is COc1cccc(Nc2nnc(SCC(=O)NC(=O)NCCc3cccs3)s2)c1. The second kappa shape index (κ2) is 10.8. The van der Waals surface area contributed by atoms with Crippen LogP contribution in [0.25, 0.3) is 0 Å². The fourth-order valence-electron chi connectivity index (χ4n) is 2.23. The third-order valence-corrected chi connectivity index (χ3v) is 6.45. The molecule has 0 aliphatic carbocycles. The van der Waals surface area contributed by atoms with Gasteiger partial charge in [0, 0.05) is 23.2 Å². The number of urea groups is 1. The van der Waals surface area contributed by atoms with Crippen LogP contribution in [0.1, 0.15) is 4.88 Å². The normalized spacial score (nSPS) is 10.4. The zero-order chi connectivity index (χ0) is 20.5. The third-order valence-electron chi connectivity index (χ3n) is 3.54. The highest BCUT2D eigenvalue weighted by atomic mass is 32.2. The van der Waals surface area contributed by atoms with Crippen molar-refractivity contribution < 1.29 is 14.3 Å². The second-order valence-electron chi connectivity index (χ2n) is 5.65. The van der Waals surface area contributed by atoms with Gasteiger partial charge in [-0.05, 0) is 30.0 Å². The Labute approximate surface area is 180 Å². The molecule has 152 valence electrons. The van der Waals surface area contributed by atoms with Crippen molar-refractivity contribution >= 4 is 57.2 Å². The molecule has 1 aromatic carbocycles. The summed E-state index contributed by atoms with van der Waals surface area (Å²) in [7, 11) is 1.61. The standard InChI is InChI=1S/C18H19N5O3S3/c1-26-13-5-2-4-12(10-13)20-17-22-23-18(29-17)28-11-15(24)21-16(25)19-8-7-14-6-3-9-27-14/h2-6,9-10H,7-8,11H2,1H3,(H,20,22)(H2,19,21,24,25). The van der Waals surface area contributed by atoms with E-state index in [9.17, 15) is 9.59 Å². The molecule has 29 heavy (non-hydrogen) atoms. The maximum atomic E-state index is 11.9. The van der Waals surface area contributed by atoms with Crippen LogP contribution in [0.4, 0.5) is 15.6 Å². The van der Waals surface area contributed by atoms with Crippen LogP contribution >= 0.6 is 34.4 Å². The highest BCUT2D eigenvalue weighted by Crippen LogP contribution is 2.28. The molecule has 0 aliphatic heterocycles. The number of nitrogens with one attached hydrogen (secondary N) is 3. The minimum absolute atomic E-state index is 0.0755. The minimum Gasteiger partial charge on any atom is -0.497 e. The lowest BCUT2D eigenvalue weighted by molar-refractivity contribution is -0.117. The number of benzene rings is 1. The van der Waals surface area contributed by atoms with Crippen molar-refractivity contribution in [2.24, 2.45) is 0 Å².